The number of primary amides is 1. The number of halogens is 2. The molecular weight excluding hydrogens is 449 g/mol. The summed E-state index contributed by atoms with van der Waals surface area (Å²) in [5.74, 6) is -1.02. The van der Waals surface area contributed by atoms with E-state index >= 15 is 0 Å². The minimum Gasteiger partial charge on any atom is -0.365 e. The van der Waals surface area contributed by atoms with Crippen LogP contribution < -0.4 is 10.9 Å². The van der Waals surface area contributed by atoms with Crippen molar-refractivity contribution >= 4 is 44.8 Å². The van der Waals surface area contributed by atoms with Crippen molar-refractivity contribution in [3.8, 4) is 22.4 Å². The van der Waals surface area contributed by atoms with Crippen molar-refractivity contribution in [2.75, 3.05) is 0 Å². The lowest BCUT2D eigenvalue weighted by atomic mass is 10.0. The molecular formula is C19H13Cl2N5O3S. The van der Waals surface area contributed by atoms with Gasteiger partial charge in [-0.1, -0.05) is 53.5 Å². The zero-order valence-corrected chi connectivity index (χ0v) is 17.4. The van der Waals surface area contributed by atoms with E-state index < -0.39 is 26.5 Å². The van der Waals surface area contributed by atoms with Gasteiger partial charge in [-0.05, 0) is 18.2 Å². The molecule has 11 heteroatoms. The van der Waals surface area contributed by atoms with Crippen LogP contribution in [0.2, 0.25) is 10.0 Å². The summed E-state index contributed by atoms with van der Waals surface area (Å²) in [5, 5.41) is 9.64. The van der Waals surface area contributed by atoms with Crippen molar-refractivity contribution in [3.05, 3.63) is 70.3 Å². The fraction of sp³-hybridized carbons (Fsp3) is 0. The highest BCUT2D eigenvalue weighted by molar-refractivity contribution is 7.89. The number of primary sulfonamides is 1. The predicted molar refractivity (Wildman–Crippen MR) is 114 cm³/mol. The first-order chi connectivity index (χ1) is 14.2. The van der Waals surface area contributed by atoms with Crippen molar-refractivity contribution < 1.29 is 13.2 Å². The topological polar surface area (TPSA) is 133 Å². The van der Waals surface area contributed by atoms with Crippen LogP contribution in [0.3, 0.4) is 0 Å². The van der Waals surface area contributed by atoms with Crippen molar-refractivity contribution in [1.29, 1.82) is 0 Å². The fourth-order valence-electron chi connectivity index (χ4n) is 3.14. The van der Waals surface area contributed by atoms with Gasteiger partial charge in [0.05, 0.1) is 5.69 Å². The van der Waals surface area contributed by atoms with E-state index in [1.165, 1.54) is 10.7 Å². The standard InChI is InChI=1S/C19H13Cl2N5O3S/c20-11-7-5-10(6-8-11)16-13(12-3-1-2-4-14(12)21)9-24-18-15(17(22)27)19(25-26(16)18)30(23,28)29/h1-9H,(H2,22,27)(H2,23,28,29). The first-order valence-corrected chi connectivity index (χ1v) is 10.7. The number of nitrogens with two attached hydrogens (primary N) is 2. The largest absolute Gasteiger partial charge is 0.365 e. The second kappa shape index (κ2) is 7.37. The van der Waals surface area contributed by atoms with Crippen LogP contribution >= 0.6 is 23.2 Å². The quantitative estimate of drug-likeness (QED) is 0.481. The molecule has 0 unspecified atom stereocenters. The number of hydrogen-bond acceptors (Lipinski definition) is 5. The molecule has 0 aliphatic rings. The molecule has 0 spiro atoms. The maximum absolute atomic E-state index is 12.1. The fourth-order valence-corrected chi connectivity index (χ4v) is 4.18. The average Bonchev–Trinajstić information content (AvgIpc) is 3.09. The summed E-state index contributed by atoms with van der Waals surface area (Å²) in [6.45, 7) is 0. The Hall–Kier alpha value is -2.98. The molecule has 0 saturated carbocycles. The Balaban J connectivity index is 2.19. The van der Waals surface area contributed by atoms with Gasteiger partial charge < -0.3 is 5.73 Å². The highest BCUT2D eigenvalue weighted by atomic mass is 35.5. The van der Waals surface area contributed by atoms with Crippen molar-refractivity contribution in [3.63, 3.8) is 0 Å². The van der Waals surface area contributed by atoms with Crippen molar-refractivity contribution in [2.45, 2.75) is 5.03 Å². The number of rotatable bonds is 4. The summed E-state index contributed by atoms with van der Waals surface area (Å²) in [4.78, 5) is 16.3. The lowest BCUT2D eigenvalue weighted by Crippen LogP contribution is -2.20. The maximum Gasteiger partial charge on any atom is 0.258 e. The minimum atomic E-state index is -4.35. The van der Waals surface area contributed by atoms with Gasteiger partial charge in [0.2, 0.25) is 5.03 Å². The molecule has 0 radical (unpaired) electrons. The number of aromatic nitrogens is 3. The lowest BCUT2D eigenvalue weighted by Gasteiger charge is -2.13. The number of nitrogens with zero attached hydrogens (tertiary/aromatic N) is 3. The van der Waals surface area contributed by atoms with E-state index in [1.54, 1.807) is 48.5 Å². The van der Waals surface area contributed by atoms with Crippen LogP contribution in [0.1, 0.15) is 10.4 Å². The number of hydrogen-bond donors (Lipinski definition) is 2. The first kappa shape index (κ1) is 20.3. The summed E-state index contributed by atoms with van der Waals surface area (Å²) in [7, 11) is -4.35. The molecule has 4 N–H and O–H groups in total. The maximum atomic E-state index is 12.1. The van der Waals surface area contributed by atoms with Crippen LogP contribution in [0, 0.1) is 0 Å². The van der Waals surface area contributed by atoms with Gasteiger partial charge in [-0.15, -0.1) is 0 Å². The van der Waals surface area contributed by atoms with Gasteiger partial charge >= 0.3 is 0 Å². The highest BCUT2D eigenvalue weighted by Crippen LogP contribution is 2.37. The van der Waals surface area contributed by atoms with Gasteiger partial charge in [-0.2, -0.15) is 5.10 Å². The van der Waals surface area contributed by atoms with Crippen LogP contribution in [-0.4, -0.2) is 28.9 Å². The van der Waals surface area contributed by atoms with E-state index in [1.807, 2.05) is 0 Å². The van der Waals surface area contributed by atoms with E-state index in [0.717, 1.165) is 0 Å². The zero-order chi connectivity index (χ0) is 21.6. The Bertz CT molecular complexity index is 1420. The minimum absolute atomic E-state index is 0.0488. The Labute approximate surface area is 181 Å². The molecule has 0 fully saturated rings. The molecule has 0 aliphatic heterocycles. The SMILES string of the molecule is NC(=O)c1c(S(N)(=O)=O)nn2c(-c3ccc(Cl)cc3)c(-c3ccccc3Cl)cnc12. The summed E-state index contributed by atoms with van der Waals surface area (Å²) < 4.78 is 25.3. The Morgan fingerprint density at radius 1 is 1.00 bits per heavy atom. The summed E-state index contributed by atoms with van der Waals surface area (Å²) in [5.41, 5.74) is 7.21. The van der Waals surface area contributed by atoms with E-state index in [2.05, 4.69) is 10.1 Å². The molecule has 2 aromatic carbocycles. The van der Waals surface area contributed by atoms with E-state index in [0.29, 0.717) is 32.4 Å². The Kier molecular flexibility index (Phi) is 4.99. The van der Waals surface area contributed by atoms with E-state index in [4.69, 9.17) is 34.1 Å². The Morgan fingerprint density at radius 2 is 1.67 bits per heavy atom. The first-order valence-electron chi connectivity index (χ1n) is 8.43. The molecule has 152 valence electrons. The highest BCUT2D eigenvalue weighted by Gasteiger charge is 2.29. The molecule has 30 heavy (non-hydrogen) atoms. The van der Waals surface area contributed by atoms with Gasteiger partial charge in [0.1, 0.15) is 5.56 Å². The molecule has 0 atom stereocenters. The number of fused-ring (bicyclic) bond motifs is 1. The average molecular weight is 462 g/mol. The molecule has 0 bridgehead atoms. The molecule has 1 amide bonds. The molecule has 4 aromatic rings. The van der Waals surface area contributed by atoms with Crippen molar-refractivity contribution in [1.82, 2.24) is 14.6 Å². The summed E-state index contributed by atoms with van der Waals surface area (Å²) >= 11 is 12.4. The van der Waals surface area contributed by atoms with Crippen LogP contribution in [0.5, 0.6) is 0 Å². The number of carbonyl (C=O) groups excluding carboxylic acids is 1. The molecule has 0 aliphatic carbocycles. The number of sulfonamides is 1. The number of benzene rings is 2. The second-order valence-corrected chi connectivity index (χ2v) is 8.65. The lowest BCUT2D eigenvalue weighted by molar-refractivity contribution is 0.0998. The van der Waals surface area contributed by atoms with E-state index in [9.17, 15) is 13.2 Å². The number of carbonyl (C=O) groups is 1. The van der Waals surface area contributed by atoms with Gasteiger partial charge in [0.15, 0.2) is 5.65 Å². The summed E-state index contributed by atoms with van der Waals surface area (Å²) in [6, 6.07) is 13.8. The second-order valence-electron chi connectivity index (χ2n) is 6.33. The zero-order valence-electron chi connectivity index (χ0n) is 15.1. The molecule has 4 rings (SSSR count). The van der Waals surface area contributed by atoms with Crippen LogP contribution in [0.4, 0.5) is 0 Å². The smallest absolute Gasteiger partial charge is 0.258 e. The van der Waals surface area contributed by atoms with Gasteiger partial charge in [0, 0.05) is 32.9 Å². The third kappa shape index (κ3) is 3.41. The number of amides is 1. The van der Waals surface area contributed by atoms with Crippen LogP contribution in [0.25, 0.3) is 28.0 Å². The van der Waals surface area contributed by atoms with Crippen LogP contribution in [0.15, 0.2) is 59.8 Å². The van der Waals surface area contributed by atoms with Gasteiger partial charge in [-0.3, -0.25) is 4.79 Å². The molecule has 0 saturated heterocycles. The Morgan fingerprint density at radius 3 is 2.27 bits per heavy atom. The molecule has 2 heterocycles. The third-order valence-corrected chi connectivity index (χ3v) is 5.82. The molecule has 2 aromatic heterocycles. The van der Waals surface area contributed by atoms with Crippen LogP contribution in [-0.2, 0) is 10.0 Å². The van der Waals surface area contributed by atoms with Gasteiger partial charge in [0.25, 0.3) is 15.9 Å². The predicted octanol–water partition coefficient (Wildman–Crippen LogP) is 3.12. The van der Waals surface area contributed by atoms with Crippen molar-refractivity contribution in [2.24, 2.45) is 10.9 Å². The van der Waals surface area contributed by atoms with Gasteiger partial charge in [-0.25, -0.2) is 23.1 Å². The molecule has 8 nitrogen and oxygen atoms in total. The monoisotopic (exact) mass is 461 g/mol. The van der Waals surface area contributed by atoms with E-state index in [-0.39, 0.29) is 5.65 Å². The third-order valence-electron chi connectivity index (χ3n) is 4.41. The summed E-state index contributed by atoms with van der Waals surface area (Å²) in [6.07, 6.45) is 1.47. The normalized spacial score (nSPS) is 11.7.